The fourth-order valence-corrected chi connectivity index (χ4v) is 3.98. The molecule has 4 heterocycles. The summed E-state index contributed by atoms with van der Waals surface area (Å²) in [6.45, 7) is 1.66. The Balaban J connectivity index is 1.45. The minimum atomic E-state index is -3.09. The number of carbonyl (C=O) groups excluding carboxylic acids is 2. The molecule has 1 atom stereocenters. The van der Waals surface area contributed by atoms with Crippen LogP contribution in [0.25, 0.3) is 17.8 Å². The van der Waals surface area contributed by atoms with Crippen molar-refractivity contribution in [3.05, 3.63) is 59.8 Å². The summed E-state index contributed by atoms with van der Waals surface area (Å²) >= 11 is 0. The number of nitriles is 1. The van der Waals surface area contributed by atoms with Crippen LogP contribution in [0.4, 0.5) is 8.78 Å². The van der Waals surface area contributed by atoms with Crippen molar-refractivity contribution in [1.29, 1.82) is 5.26 Å². The minimum absolute atomic E-state index is 0.168. The number of hydrogen-bond acceptors (Lipinski definition) is 6. The van der Waals surface area contributed by atoms with Crippen LogP contribution < -0.4 is 4.74 Å². The number of amides is 1. The average molecular weight is 479 g/mol. The van der Waals surface area contributed by atoms with Crippen LogP contribution in [0.1, 0.15) is 47.8 Å². The van der Waals surface area contributed by atoms with Crippen LogP contribution in [0.5, 0.6) is 5.75 Å². The summed E-state index contributed by atoms with van der Waals surface area (Å²) in [6, 6.07) is 5.77. The van der Waals surface area contributed by atoms with Crippen molar-refractivity contribution in [2.75, 3.05) is 13.2 Å². The van der Waals surface area contributed by atoms with Crippen LogP contribution in [0.2, 0.25) is 0 Å². The van der Waals surface area contributed by atoms with Gasteiger partial charge in [0.05, 0.1) is 24.9 Å². The predicted molar refractivity (Wildman–Crippen MR) is 124 cm³/mol. The molecule has 1 amide bonds. The van der Waals surface area contributed by atoms with Crippen molar-refractivity contribution >= 4 is 29.5 Å². The second-order valence-corrected chi connectivity index (χ2v) is 8.17. The Morgan fingerprint density at radius 3 is 2.91 bits per heavy atom. The van der Waals surface area contributed by atoms with Crippen LogP contribution in [-0.4, -0.2) is 56.1 Å². The van der Waals surface area contributed by atoms with Crippen LogP contribution in [0.15, 0.2) is 43.0 Å². The van der Waals surface area contributed by atoms with Crippen molar-refractivity contribution in [1.82, 2.24) is 19.3 Å². The van der Waals surface area contributed by atoms with Crippen molar-refractivity contribution in [2.24, 2.45) is 0 Å². The Labute approximate surface area is 200 Å². The monoisotopic (exact) mass is 479 g/mol. The van der Waals surface area contributed by atoms with Crippen molar-refractivity contribution < 1.29 is 23.1 Å². The molecule has 0 spiro atoms. The topological polar surface area (TPSA) is 101 Å². The molecular formula is C25H23F2N5O3. The van der Waals surface area contributed by atoms with Crippen LogP contribution >= 0.6 is 0 Å². The number of carbonyl (C=O) groups is 2. The standard InChI is InChI=1S/C25H23F2N5O3/c1-2-35-20-8-10-31-15-18(30-23(31)11-20)4-3-17-14-29-9-7-21(17)22(33)5-6-24(34)32-16-25(26,27)12-19(32)13-28/h3-4,7-11,14-15,19H,2,5-6,12,16H2,1H3/b4-3+/t19-/m0/s1. The number of nitrogens with zero attached hydrogens (tertiary/aromatic N) is 5. The molecule has 1 aliphatic rings. The van der Waals surface area contributed by atoms with Crippen molar-refractivity contribution in [2.45, 2.75) is 38.2 Å². The van der Waals surface area contributed by atoms with Crippen molar-refractivity contribution in [3.63, 3.8) is 0 Å². The van der Waals surface area contributed by atoms with Gasteiger partial charge >= 0.3 is 0 Å². The van der Waals surface area contributed by atoms with Crippen molar-refractivity contribution in [3.8, 4) is 11.8 Å². The highest BCUT2D eigenvalue weighted by atomic mass is 19.3. The third kappa shape index (κ3) is 5.51. The summed E-state index contributed by atoms with van der Waals surface area (Å²) in [4.78, 5) is 34.7. The summed E-state index contributed by atoms with van der Waals surface area (Å²) in [5.74, 6) is -3.33. The lowest BCUT2D eigenvalue weighted by molar-refractivity contribution is -0.132. The molecule has 3 aromatic rings. The van der Waals surface area contributed by atoms with Gasteiger partial charge in [0.2, 0.25) is 5.91 Å². The largest absolute Gasteiger partial charge is 0.494 e. The number of halogens is 2. The molecule has 4 rings (SSSR count). The van der Waals surface area contributed by atoms with E-state index in [1.807, 2.05) is 35.9 Å². The molecule has 0 bridgehead atoms. The van der Waals surface area contributed by atoms with E-state index in [4.69, 9.17) is 10.00 Å². The number of rotatable bonds is 8. The van der Waals surface area contributed by atoms with Gasteiger partial charge in [0.15, 0.2) is 5.78 Å². The van der Waals surface area contributed by atoms with E-state index in [2.05, 4.69) is 9.97 Å². The van der Waals surface area contributed by atoms with Crippen LogP contribution in [0.3, 0.4) is 0 Å². The number of pyridine rings is 2. The highest BCUT2D eigenvalue weighted by Crippen LogP contribution is 2.32. The Morgan fingerprint density at radius 1 is 1.31 bits per heavy atom. The van der Waals surface area contributed by atoms with Gasteiger partial charge < -0.3 is 14.0 Å². The third-order valence-corrected chi connectivity index (χ3v) is 5.65. The summed E-state index contributed by atoms with van der Waals surface area (Å²) in [6.07, 6.45) is 9.02. The highest BCUT2D eigenvalue weighted by Gasteiger charge is 2.47. The molecule has 0 aromatic carbocycles. The molecule has 35 heavy (non-hydrogen) atoms. The zero-order chi connectivity index (χ0) is 25.0. The van der Waals surface area contributed by atoms with E-state index in [1.54, 1.807) is 24.3 Å². The molecule has 0 radical (unpaired) electrons. The highest BCUT2D eigenvalue weighted by molar-refractivity contribution is 6.01. The first kappa shape index (κ1) is 24.0. The van der Waals surface area contributed by atoms with Gasteiger partial charge in [-0.1, -0.05) is 6.08 Å². The first-order valence-electron chi connectivity index (χ1n) is 11.1. The zero-order valence-corrected chi connectivity index (χ0v) is 19.0. The number of aromatic nitrogens is 3. The van der Waals surface area contributed by atoms with Gasteiger partial charge in [-0.3, -0.25) is 14.6 Å². The second-order valence-electron chi connectivity index (χ2n) is 8.17. The van der Waals surface area contributed by atoms with Crippen LogP contribution in [0, 0.1) is 11.3 Å². The molecule has 1 aliphatic heterocycles. The molecule has 10 heteroatoms. The van der Waals surface area contributed by atoms with Gasteiger partial charge in [-0.15, -0.1) is 0 Å². The fourth-order valence-electron chi connectivity index (χ4n) is 3.98. The maximum atomic E-state index is 13.6. The van der Waals surface area contributed by atoms with Gasteiger partial charge in [-0.2, -0.15) is 5.26 Å². The number of hydrogen-bond donors (Lipinski definition) is 0. The number of fused-ring (bicyclic) bond motifs is 1. The normalized spacial score (nSPS) is 17.1. The zero-order valence-electron chi connectivity index (χ0n) is 19.0. The van der Waals surface area contributed by atoms with E-state index in [0.717, 1.165) is 10.6 Å². The Morgan fingerprint density at radius 2 is 2.14 bits per heavy atom. The second kappa shape index (κ2) is 10.0. The molecule has 1 saturated heterocycles. The lowest BCUT2D eigenvalue weighted by Crippen LogP contribution is -2.36. The lowest BCUT2D eigenvalue weighted by Gasteiger charge is -2.18. The van der Waals surface area contributed by atoms with E-state index in [0.29, 0.717) is 29.1 Å². The fraction of sp³-hybridized carbons (Fsp3) is 0.320. The maximum absolute atomic E-state index is 13.6. The first-order valence-corrected chi connectivity index (χ1v) is 11.1. The molecule has 1 fully saturated rings. The van der Waals surface area contributed by atoms with Gasteiger partial charge in [0.1, 0.15) is 17.4 Å². The molecular weight excluding hydrogens is 456 g/mol. The molecule has 0 N–H and O–H groups in total. The maximum Gasteiger partial charge on any atom is 0.268 e. The number of Topliss-reactive ketones (excluding diaryl/α,β-unsaturated/α-hetero) is 1. The third-order valence-electron chi connectivity index (χ3n) is 5.65. The Kier molecular flexibility index (Phi) is 6.87. The van der Waals surface area contributed by atoms with E-state index in [9.17, 15) is 18.4 Å². The molecule has 0 unspecified atom stereocenters. The molecule has 8 nitrogen and oxygen atoms in total. The van der Waals surface area contributed by atoms with E-state index >= 15 is 0 Å². The van der Waals surface area contributed by atoms with E-state index in [-0.39, 0.29) is 18.6 Å². The van der Waals surface area contributed by atoms with Gasteiger partial charge in [0, 0.05) is 61.2 Å². The summed E-state index contributed by atoms with van der Waals surface area (Å²) < 4.78 is 34.6. The average Bonchev–Trinajstić information content (AvgIpc) is 3.40. The number of likely N-dealkylation sites (tertiary alicyclic amines) is 1. The molecule has 3 aromatic heterocycles. The SMILES string of the molecule is CCOc1ccn2cc(/C=C/c3cnccc3C(=O)CCC(=O)N3CC(F)(F)C[C@H]3C#N)nc2c1. The van der Waals surface area contributed by atoms with E-state index < -0.39 is 30.8 Å². The number of alkyl halides is 2. The smallest absolute Gasteiger partial charge is 0.268 e. The van der Waals surface area contributed by atoms with Gasteiger partial charge in [0.25, 0.3) is 5.92 Å². The molecule has 0 saturated carbocycles. The predicted octanol–water partition coefficient (Wildman–Crippen LogP) is 4.02. The first-order chi connectivity index (χ1) is 16.8. The summed E-state index contributed by atoms with van der Waals surface area (Å²) in [5.41, 5.74) is 2.27. The van der Waals surface area contributed by atoms with Crippen LogP contribution in [-0.2, 0) is 4.79 Å². The summed E-state index contributed by atoms with van der Waals surface area (Å²) in [5, 5.41) is 9.07. The van der Waals surface area contributed by atoms with Gasteiger partial charge in [-0.25, -0.2) is 13.8 Å². The van der Waals surface area contributed by atoms with Gasteiger partial charge in [-0.05, 0) is 25.1 Å². The number of imidazole rings is 1. The minimum Gasteiger partial charge on any atom is -0.494 e. The lowest BCUT2D eigenvalue weighted by atomic mass is 10.0. The Bertz CT molecular complexity index is 1330. The number of ether oxygens (including phenoxy) is 1. The Hall–Kier alpha value is -4.13. The van der Waals surface area contributed by atoms with E-state index in [1.165, 1.54) is 12.4 Å². The quantitative estimate of drug-likeness (QED) is 0.453. The summed E-state index contributed by atoms with van der Waals surface area (Å²) in [7, 11) is 0. The number of ketones is 1. The molecule has 180 valence electrons. The molecule has 0 aliphatic carbocycles.